The number of carbonyl (C=O) groups is 2. The van der Waals surface area contributed by atoms with Crippen molar-refractivity contribution in [2.24, 2.45) is 0 Å². The molecule has 108 valence electrons. The van der Waals surface area contributed by atoms with Crippen molar-refractivity contribution >= 4 is 17.8 Å². The lowest BCUT2D eigenvalue weighted by Crippen LogP contribution is -2.80. The van der Waals surface area contributed by atoms with Crippen LogP contribution in [-0.4, -0.2) is 30.5 Å². The number of methoxy groups -OCH3 is 1. The summed E-state index contributed by atoms with van der Waals surface area (Å²) in [6, 6.07) is 9.32. The van der Waals surface area contributed by atoms with Crippen molar-refractivity contribution in [3.63, 3.8) is 0 Å². The number of hydrogen-bond donors (Lipinski definition) is 1. The van der Waals surface area contributed by atoms with Crippen LogP contribution in [0, 0.1) is 0 Å². The van der Waals surface area contributed by atoms with Crippen LogP contribution in [0.1, 0.15) is 26.3 Å². The summed E-state index contributed by atoms with van der Waals surface area (Å²) in [6.07, 6.45) is -0.402. The molecule has 0 fully saturated rings. The third kappa shape index (κ3) is 5.65. The van der Waals surface area contributed by atoms with Gasteiger partial charge in [-0.3, -0.25) is 0 Å². The largest absolute Gasteiger partial charge is 0.595 e. The summed E-state index contributed by atoms with van der Waals surface area (Å²) in [7, 11) is 1.27. The lowest BCUT2D eigenvalue weighted by atomic mass is 10.1. The highest BCUT2D eigenvalue weighted by Gasteiger charge is 2.26. The Morgan fingerprint density at radius 3 is 2.25 bits per heavy atom. The van der Waals surface area contributed by atoms with Crippen molar-refractivity contribution in [1.29, 1.82) is 0 Å². The molecule has 0 aliphatic rings. The molecule has 20 heavy (non-hydrogen) atoms. The van der Waals surface area contributed by atoms with Crippen LogP contribution in [0.3, 0.4) is 0 Å². The van der Waals surface area contributed by atoms with E-state index in [1.807, 2.05) is 30.3 Å². The maximum Gasteiger partial charge on any atom is 0.595 e. The standard InChI is InChI=1S/C15H19NO4/c1-15(2,3)20-14(18)16-12(13(17)19-4)10-11-8-6-5-7-9-11/h5-9H,10H2,1-4H3/p+1/b16-12-. The van der Waals surface area contributed by atoms with Crippen molar-refractivity contribution in [3.05, 3.63) is 35.9 Å². The van der Waals surface area contributed by atoms with Gasteiger partial charge in [0, 0.05) is 0 Å². The molecule has 1 N–H and O–H groups in total. The van der Waals surface area contributed by atoms with Crippen molar-refractivity contribution in [2.45, 2.75) is 32.8 Å². The first-order valence-corrected chi connectivity index (χ1v) is 6.30. The molecule has 5 nitrogen and oxygen atoms in total. The molecule has 0 heterocycles. The average Bonchev–Trinajstić information content (AvgIpc) is 2.36. The van der Waals surface area contributed by atoms with Gasteiger partial charge >= 0.3 is 12.1 Å². The maximum absolute atomic E-state index is 11.7. The van der Waals surface area contributed by atoms with Crippen molar-refractivity contribution in [3.8, 4) is 0 Å². The molecule has 1 aromatic carbocycles. The Balaban J connectivity index is 2.90. The van der Waals surface area contributed by atoms with E-state index in [-0.39, 0.29) is 12.1 Å². The molecule has 1 amide bonds. The summed E-state index contributed by atoms with van der Waals surface area (Å²) in [5.74, 6) is -0.584. The van der Waals surface area contributed by atoms with Crippen LogP contribution in [0.5, 0.6) is 0 Å². The molecule has 5 heteroatoms. The van der Waals surface area contributed by atoms with Crippen molar-refractivity contribution in [2.75, 3.05) is 7.11 Å². The van der Waals surface area contributed by atoms with Crippen LogP contribution in [0.2, 0.25) is 0 Å². The van der Waals surface area contributed by atoms with Gasteiger partial charge in [0.05, 0.1) is 13.5 Å². The van der Waals surface area contributed by atoms with Crippen LogP contribution in [0.25, 0.3) is 0 Å². The summed E-state index contributed by atoms with van der Waals surface area (Å²) in [4.78, 5) is 25.9. The van der Waals surface area contributed by atoms with E-state index in [4.69, 9.17) is 4.74 Å². The molecule has 1 aromatic rings. The lowest BCUT2D eigenvalue weighted by molar-refractivity contribution is -0.376. The van der Waals surface area contributed by atoms with E-state index in [2.05, 4.69) is 9.73 Å². The summed E-state index contributed by atoms with van der Waals surface area (Å²) in [5, 5.41) is 0. The van der Waals surface area contributed by atoms with Gasteiger partial charge in [0.15, 0.2) is 0 Å². The van der Waals surface area contributed by atoms with E-state index in [1.165, 1.54) is 7.11 Å². The quantitative estimate of drug-likeness (QED) is 0.658. The topological polar surface area (TPSA) is 66.6 Å². The third-order valence-corrected chi connectivity index (χ3v) is 2.31. The summed E-state index contributed by atoms with van der Waals surface area (Å²) < 4.78 is 9.79. The monoisotopic (exact) mass is 278 g/mol. The molecular weight excluding hydrogens is 258 g/mol. The first-order chi connectivity index (χ1) is 9.31. The molecule has 0 aliphatic carbocycles. The highest BCUT2D eigenvalue weighted by Crippen LogP contribution is 2.05. The predicted octanol–water partition coefficient (Wildman–Crippen LogP) is 0.859. The molecule has 0 radical (unpaired) electrons. The fourth-order valence-electron chi connectivity index (χ4n) is 1.52. The van der Waals surface area contributed by atoms with Crippen molar-refractivity contribution < 1.29 is 24.1 Å². The average molecular weight is 278 g/mol. The molecule has 1 rings (SSSR count). The van der Waals surface area contributed by atoms with Gasteiger partial charge in [0.2, 0.25) is 0 Å². The first kappa shape index (κ1) is 15.9. The fraction of sp³-hybridized carbons (Fsp3) is 0.400. The zero-order chi connectivity index (χ0) is 15.2. The minimum absolute atomic E-state index is 0.146. The van der Waals surface area contributed by atoms with Crippen LogP contribution in [-0.2, 0) is 20.7 Å². The number of amides is 1. The number of benzene rings is 1. The number of ether oxygens (including phenoxy) is 2. The number of hydrogen-bond acceptors (Lipinski definition) is 4. The molecule has 0 saturated heterocycles. The Kier molecular flexibility index (Phi) is 5.43. The summed E-state index contributed by atoms with van der Waals surface area (Å²) >= 11 is 0. The Morgan fingerprint density at radius 2 is 1.75 bits per heavy atom. The number of carbonyl (C=O) groups excluding carboxylic acids is 2. The normalized spacial score (nSPS) is 11.9. The first-order valence-electron chi connectivity index (χ1n) is 6.30. The van der Waals surface area contributed by atoms with Gasteiger partial charge in [-0.25, -0.2) is 4.79 Å². The molecule has 0 unspecified atom stereocenters. The van der Waals surface area contributed by atoms with Crippen LogP contribution < -0.4 is 4.99 Å². The van der Waals surface area contributed by atoms with Gasteiger partial charge in [-0.1, -0.05) is 30.3 Å². The maximum atomic E-state index is 11.7. The van der Waals surface area contributed by atoms with E-state index in [9.17, 15) is 9.59 Å². The zero-order valence-electron chi connectivity index (χ0n) is 12.2. The Bertz CT molecular complexity index is 500. The van der Waals surface area contributed by atoms with E-state index >= 15 is 0 Å². The van der Waals surface area contributed by atoms with E-state index in [0.29, 0.717) is 0 Å². The number of nitrogens with one attached hydrogen (secondary N) is 1. The number of esters is 1. The zero-order valence-corrected chi connectivity index (χ0v) is 12.2. The highest BCUT2D eigenvalue weighted by molar-refractivity contribution is 6.34. The van der Waals surface area contributed by atoms with Crippen LogP contribution in [0.15, 0.2) is 30.3 Å². The highest BCUT2D eigenvalue weighted by atomic mass is 16.6. The smallest absolute Gasteiger partial charge is 0.461 e. The summed E-state index contributed by atoms with van der Waals surface area (Å²) in [6.45, 7) is 5.25. The van der Waals surface area contributed by atoms with Gasteiger partial charge in [0.25, 0.3) is 5.71 Å². The van der Waals surface area contributed by atoms with E-state index in [1.54, 1.807) is 20.8 Å². The van der Waals surface area contributed by atoms with Gasteiger partial charge in [-0.2, -0.15) is 4.79 Å². The Morgan fingerprint density at radius 1 is 1.15 bits per heavy atom. The molecule has 0 aliphatic heterocycles. The molecule has 0 bridgehead atoms. The van der Waals surface area contributed by atoms with Crippen molar-refractivity contribution in [1.82, 2.24) is 0 Å². The van der Waals surface area contributed by atoms with Crippen LogP contribution in [0.4, 0.5) is 4.79 Å². The van der Waals surface area contributed by atoms with Gasteiger partial charge in [-0.05, 0) is 26.3 Å². The van der Waals surface area contributed by atoms with Gasteiger partial charge in [0.1, 0.15) is 5.60 Å². The van der Waals surface area contributed by atoms with E-state index in [0.717, 1.165) is 5.56 Å². The van der Waals surface area contributed by atoms with Gasteiger partial charge in [-0.15, -0.1) is 4.99 Å². The third-order valence-electron chi connectivity index (χ3n) is 2.31. The second-order valence-electron chi connectivity index (χ2n) is 5.26. The Hall–Kier alpha value is -2.17. The molecule has 0 spiro atoms. The molecule has 0 aromatic heterocycles. The fourth-order valence-corrected chi connectivity index (χ4v) is 1.52. The lowest BCUT2D eigenvalue weighted by Gasteiger charge is -2.14. The minimum atomic E-state index is -0.672. The summed E-state index contributed by atoms with van der Waals surface area (Å²) in [5.41, 5.74) is 0.412. The molecule has 0 atom stereocenters. The number of rotatable bonds is 3. The molecular formula is C15H20NO4+. The van der Waals surface area contributed by atoms with E-state index < -0.39 is 17.7 Å². The second-order valence-corrected chi connectivity index (χ2v) is 5.26. The predicted molar refractivity (Wildman–Crippen MR) is 74.4 cm³/mol. The van der Waals surface area contributed by atoms with Crippen LogP contribution >= 0.6 is 0 Å². The Labute approximate surface area is 118 Å². The second kappa shape index (κ2) is 6.84. The SMILES string of the molecule is COC(=O)/C(Cc1ccccc1)=[NH+]\C(=O)OC(C)(C)C. The van der Waals surface area contributed by atoms with Gasteiger partial charge < -0.3 is 9.47 Å². The molecule has 0 saturated carbocycles. The minimum Gasteiger partial charge on any atom is -0.461 e.